The lowest BCUT2D eigenvalue weighted by molar-refractivity contribution is -0.188. The molecule has 168 valence electrons. The van der Waals surface area contributed by atoms with Gasteiger partial charge in [0.05, 0.1) is 13.2 Å². The molecule has 6 atom stereocenters. The van der Waals surface area contributed by atoms with Crippen molar-refractivity contribution < 1.29 is 19.4 Å². The van der Waals surface area contributed by atoms with Gasteiger partial charge in [-0.1, -0.05) is 32.1 Å². The molecule has 0 aromatic heterocycles. The number of likely N-dealkylation sites (N-methyl/N-ethyl adjacent to an activating group) is 1. The molecule has 0 amide bonds. The predicted molar refractivity (Wildman–Crippen MR) is 119 cm³/mol. The fourth-order valence-electron chi connectivity index (χ4n) is 7.86. The van der Waals surface area contributed by atoms with Gasteiger partial charge in [0.15, 0.2) is 0 Å². The molecule has 6 heteroatoms. The Balaban J connectivity index is 1.78. The number of rotatable bonds is 4. The SMILES string of the molecule is CC[C@]12C=CCN3CC[C@@]4(c5ccc(OC)cc5N(C)[C@H]4[C@@](O)(COC(C)=O)[C@@H]1C)C32. The van der Waals surface area contributed by atoms with E-state index in [1.807, 2.05) is 6.07 Å². The van der Waals surface area contributed by atoms with Crippen LogP contribution in [0.2, 0.25) is 0 Å². The molecule has 1 aromatic carbocycles. The molecule has 1 spiro atoms. The number of fused-ring (bicyclic) bond motifs is 1. The number of benzene rings is 1. The molecule has 1 aliphatic carbocycles. The summed E-state index contributed by atoms with van der Waals surface area (Å²) in [5, 5.41) is 12.5. The van der Waals surface area contributed by atoms with Gasteiger partial charge in [-0.25, -0.2) is 0 Å². The molecule has 1 aromatic rings. The van der Waals surface area contributed by atoms with E-state index in [1.54, 1.807) is 7.11 Å². The van der Waals surface area contributed by atoms with E-state index in [9.17, 15) is 9.90 Å². The highest BCUT2D eigenvalue weighted by Gasteiger charge is 2.75. The summed E-state index contributed by atoms with van der Waals surface area (Å²) in [6.45, 7) is 7.76. The van der Waals surface area contributed by atoms with Crippen molar-refractivity contribution in [2.45, 2.75) is 56.7 Å². The Hall–Kier alpha value is -2.05. The Morgan fingerprint density at radius 3 is 2.77 bits per heavy atom. The number of hydrogen-bond acceptors (Lipinski definition) is 6. The third kappa shape index (κ3) is 2.38. The van der Waals surface area contributed by atoms with Gasteiger partial charge in [-0.15, -0.1) is 0 Å². The van der Waals surface area contributed by atoms with Gasteiger partial charge in [0.1, 0.15) is 18.0 Å². The quantitative estimate of drug-likeness (QED) is 0.590. The summed E-state index contributed by atoms with van der Waals surface area (Å²) in [5.74, 6) is 0.384. The van der Waals surface area contributed by atoms with Crippen molar-refractivity contribution >= 4 is 11.7 Å². The summed E-state index contributed by atoms with van der Waals surface area (Å²) in [6, 6.07) is 6.45. The molecule has 3 aliphatic heterocycles. The number of carbonyl (C=O) groups excluding carboxylic acids is 1. The first-order valence-corrected chi connectivity index (χ1v) is 11.4. The smallest absolute Gasteiger partial charge is 0.302 e. The van der Waals surface area contributed by atoms with Crippen LogP contribution in [-0.2, 0) is 14.9 Å². The molecule has 1 saturated heterocycles. The first kappa shape index (κ1) is 20.8. The van der Waals surface area contributed by atoms with Crippen molar-refractivity contribution in [2.75, 3.05) is 38.8 Å². The second kappa shape index (κ2) is 6.72. The van der Waals surface area contributed by atoms with Crippen LogP contribution in [0.25, 0.3) is 0 Å². The van der Waals surface area contributed by atoms with Crippen molar-refractivity contribution in [3.63, 3.8) is 0 Å². The highest BCUT2D eigenvalue weighted by molar-refractivity contribution is 5.70. The first-order valence-electron chi connectivity index (χ1n) is 11.4. The van der Waals surface area contributed by atoms with E-state index in [0.717, 1.165) is 37.4 Å². The summed E-state index contributed by atoms with van der Waals surface area (Å²) in [7, 11) is 3.76. The maximum Gasteiger partial charge on any atom is 0.302 e. The fraction of sp³-hybridized carbons (Fsp3) is 0.640. The molecule has 6 nitrogen and oxygen atoms in total. The Morgan fingerprint density at radius 1 is 1.32 bits per heavy atom. The minimum Gasteiger partial charge on any atom is -0.497 e. The molecule has 2 fully saturated rings. The van der Waals surface area contributed by atoms with E-state index < -0.39 is 5.60 Å². The molecular formula is C25H34N2O4. The van der Waals surface area contributed by atoms with Gasteiger partial charge in [-0.05, 0) is 31.0 Å². The lowest BCUT2D eigenvalue weighted by Gasteiger charge is -2.65. The van der Waals surface area contributed by atoms with Crippen LogP contribution in [0.4, 0.5) is 5.69 Å². The van der Waals surface area contributed by atoms with Crippen LogP contribution >= 0.6 is 0 Å². The van der Waals surface area contributed by atoms with Crippen LogP contribution in [0.5, 0.6) is 5.75 Å². The highest BCUT2D eigenvalue weighted by atomic mass is 16.5. The Kier molecular flexibility index (Phi) is 4.52. The first-order chi connectivity index (χ1) is 14.8. The normalized spacial score (nSPS) is 40.3. The zero-order valence-electron chi connectivity index (χ0n) is 19.2. The molecule has 0 radical (unpaired) electrons. The topological polar surface area (TPSA) is 62.2 Å². The number of methoxy groups -OCH3 is 1. The van der Waals surface area contributed by atoms with E-state index in [2.05, 4.69) is 55.0 Å². The molecule has 4 aliphatic rings. The van der Waals surface area contributed by atoms with Gasteiger partial charge in [-0.3, -0.25) is 9.69 Å². The molecule has 1 N–H and O–H groups in total. The van der Waals surface area contributed by atoms with Crippen molar-refractivity contribution in [1.82, 2.24) is 4.90 Å². The third-order valence-corrected chi connectivity index (χ3v) is 9.05. The molecule has 1 unspecified atom stereocenters. The monoisotopic (exact) mass is 426 g/mol. The number of hydrogen-bond donors (Lipinski definition) is 1. The van der Waals surface area contributed by atoms with Crippen LogP contribution in [-0.4, -0.2) is 67.5 Å². The van der Waals surface area contributed by atoms with Crippen LogP contribution in [0, 0.1) is 11.3 Å². The number of esters is 1. The summed E-state index contributed by atoms with van der Waals surface area (Å²) in [5.41, 5.74) is 0.786. The zero-order chi connectivity index (χ0) is 22.2. The Labute approximate surface area is 184 Å². The number of nitrogens with zero attached hydrogens (tertiary/aromatic N) is 2. The number of anilines is 1. The van der Waals surface area contributed by atoms with Crippen molar-refractivity contribution in [1.29, 1.82) is 0 Å². The van der Waals surface area contributed by atoms with Gasteiger partial charge < -0.3 is 19.5 Å². The average Bonchev–Trinajstić information content (AvgIpc) is 3.28. The molecule has 3 heterocycles. The minimum atomic E-state index is -1.18. The lowest BCUT2D eigenvalue weighted by Crippen LogP contribution is -2.77. The van der Waals surface area contributed by atoms with Crippen molar-refractivity contribution in [2.24, 2.45) is 11.3 Å². The third-order valence-electron chi connectivity index (χ3n) is 9.05. The Bertz CT molecular complexity index is 947. The fourth-order valence-corrected chi connectivity index (χ4v) is 7.86. The Morgan fingerprint density at radius 2 is 2.10 bits per heavy atom. The molecule has 1 saturated carbocycles. The van der Waals surface area contributed by atoms with Crippen LogP contribution in [0.1, 0.15) is 39.2 Å². The highest BCUT2D eigenvalue weighted by Crippen LogP contribution is 2.68. The number of carbonyl (C=O) groups is 1. The average molecular weight is 427 g/mol. The largest absolute Gasteiger partial charge is 0.497 e. The summed E-state index contributed by atoms with van der Waals surface area (Å²) in [6.07, 6.45) is 6.54. The maximum atomic E-state index is 12.5. The summed E-state index contributed by atoms with van der Waals surface area (Å²) in [4.78, 5) is 16.7. The van der Waals surface area contributed by atoms with Gasteiger partial charge >= 0.3 is 5.97 Å². The molecule has 5 rings (SSSR count). The second-order valence-corrected chi connectivity index (χ2v) is 9.95. The summed E-state index contributed by atoms with van der Waals surface area (Å²) < 4.78 is 11.1. The van der Waals surface area contributed by atoms with Crippen molar-refractivity contribution in [3.8, 4) is 5.75 Å². The van der Waals surface area contributed by atoms with E-state index in [4.69, 9.17) is 9.47 Å². The van der Waals surface area contributed by atoms with E-state index in [0.29, 0.717) is 6.04 Å². The zero-order valence-corrected chi connectivity index (χ0v) is 19.2. The lowest BCUT2D eigenvalue weighted by atomic mass is 9.45. The predicted octanol–water partition coefficient (Wildman–Crippen LogP) is 2.74. The minimum absolute atomic E-state index is 0.00763. The van der Waals surface area contributed by atoms with Crippen LogP contribution < -0.4 is 9.64 Å². The van der Waals surface area contributed by atoms with E-state index in [-0.39, 0.29) is 35.4 Å². The van der Waals surface area contributed by atoms with Gasteiger partial charge in [-0.2, -0.15) is 0 Å². The van der Waals surface area contributed by atoms with E-state index >= 15 is 0 Å². The molecular weight excluding hydrogens is 392 g/mol. The maximum absolute atomic E-state index is 12.5. The van der Waals surface area contributed by atoms with Crippen LogP contribution in [0.3, 0.4) is 0 Å². The molecule has 0 bridgehead atoms. The van der Waals surface area contributed by atoms with Gasteiger partial charge in [0, 0.05) is 55.1 Å². The van der Waals surface area contributed by atoms with Crippen molar-refractivity contribution in [3.05, 3.63) is 35.9 Å². The molecule has 31 heavy (non-hydrogen) atoms. The van der Waals surface area contributed by atoms with Crippen LogP contribution in [0.15, 0.2) is 30.4 Å². The second-order valence-electron chi connectivity index (χ2n) is 9.95. The van der Waals surface area contributed by atoms with Gasteiger partial charge in [0.2, 0.25) is 0 Å². The number of aliphatic hydroxyl groups is 1. The summed E-state index contributed by atoms with van der Waals surface area (Å²) >= 11 is 0. The van der Waals surface area contributed by atoms with Gasteiger partial charge in [0.25, 0.3) is 0 Å². The standard InChI is InChI=1S/C25H34N2O4/c1-6-23-10-7-12-27-13-11-24(21(23)27)19-9-8-18(30-5)14-20(19)26(4)22(24)25(29,16(23)2)15-31-17(3)28/h7-10,14,16,21-22,29H,6,11-13,15H2,1-5H3/t16-,21?,22-,23+,24-,25-/m1/s1. The number of ether oxygens (including phenoxy) is 2. The van der Waals surface area contributed by atoms with E-state index in [1.165, 1.54) is 12.5 Å².